The molecule has 0 aromatic heterocycles. The number of carbonyl (C=O) groups is 2. The van der Waals surface area contributed by atoms with Crippen LogP contribution in [0, 0.1) is 0 Å². The lowest BCUT2D eigenvalue weighted by atomic mass is 10.1. The zero-order valence-electron chi connectivity index (χ0n) is 6.82. The number of hydrogen-bond donors (Lipinski definition) is 1. The van der Waals surface area contributed by atoms with Crippen LogP contribution in [0.5, 0.6) is 0 Å². The molecule has 1 saturated heterocycles. The molecule has 1 N–H and O–H groups in total. The minimum Gasteiger partial charge on any atom is -0.384 e. The molecule has 68 valence electrons. The summed E-state index contributed by atoms with van der Waals surface area (Å²) in [7, 11) is 0. The highest BCUT2D eigenvalue weighted by Gasteiger charge is 2.26. The Balaban J connectivity index is 2.40. The molecule has 1 rings (SSSR count). The van der Waals surface area contributed by atoms with Gasteiger partial charge in [0.05, 0.1) is 6.54 Å². The van der Waals surface area contributed by atoms with Crippen molar-refractivity contribution in [2.75, 3.05) is 13.1 Å². The lowest BCUT2D eigenvalue weighted by molar-refractivity contribution is -0.199. The standard InChI is InChI=1S/C7H11NO4/c1-5(9)12-8-3-2-6(10)7(11)4-8/h7,11H,2-4H2,1H3. The fraction of sp³-hybridized carbons (Fsp3) is 0.714. The Morgan fingerprint density at radius 3 is 2.92 bits per heavy atom. The molecule has 1 aliphatic rings. The first-order chi connectivity index (χ1) is 5.59. The van der Waals surface area contributed by atoms with Crippen LogP contribution in [0.15, 0.2) is 0 Å². The van der Waals surface area contributed by atoms with Gasteiger partial charge in [-0.05, 0) is 0 Å². The van der Waals surface area contributed by atoms with Gasteiger partial charge in [-0.2, -0.15) is 0 Å². The molecule has 5 nitrogen and oxygen atoms in total. The maximum absolute atomic E-state index is 10.8. The highest BCUT2D eigenvalue weighted by Crippen LogP contribution is 2.06. The van der Waals surface area contributed by atoms with Crippen LogP contribution in [0.25, 0.3) is 0 Å². The molecule has 0 aromatic rings. The molecule has 0 radical (unpaired) electrons. The average Bonchev–Trinajstić information content (AvgIpc) is 1.96. The molecule has 1 unspecified atom stereocenters. The van der Waals surface area contributed by atoms with Gasteiger partial charge in [0.25, 0.3) is 0 Å². The number of carbonyl (C=O) groups excluding carboxylic acids is 2. The van der Waals surface area contributed by atoms with E-state index in [1.807, 2.05) is 0 Å². The molecule has 12 heavy (non-hydrogen) atoms. The van der Waals surface area contributed by atoms with Crippen molar-refractivity contribution in [3.05, 3.63) is 0 Å². The number of rotatable bonds is 1. The second-order valence-corrected chi connectivity index (χ2v) is 2.70. The van der Waals surface area contributed by atoms with E-state index in [-0.39, 0.29) is 18.7 Å². The van der Waals surface area contributed by atoms with E-state index in [0.29, 0.717) is 6.54 Å². The van der Waals surface area contributed by atoms with Gasteiger partial charge < -0.3 is 9.94 Å². The van der Waals surface area contributed by atoms with Gasteiger partial charge in [-0.3, -0.25) is 9.59 Å². The number of hydrogen-bond acceptors (Lipinski definition) is 5. The Morgan fingerprint density at radius 1 is 1.75 bits per heavy atom. The Kier molecular flexibility index (Phi) is 2.78. The molecule has 0 bridgehead atoms. The highest BCUT2D eigenvalue weighted by atomic mass is 16.7. The number of aliphatic hydroxyl groups excluding tert-OH is 1. The molecule has 5 heteroatoms. The van der Waals surface area contributed by atoms with Crippen LogP contribution in [-0.4, -0.2) is 41.1 Å². The van der Waals surface area contributed by atoms with E-state index in [1.165, 1.54) is 12.0 Å². The van der Waals surface area contributed by atoms with Gasteiger partial charge in [0.2, 0.25) is 0 Å². The van der Waals surface area contributed by atoms with Crippen molar-refractivity contribution in [2.45, 2.75) is 19.4 Å². The summed E-state index contributed by atoms with van der Waals surface area (Å²) in [5, 5.41) is 10.4. The number of Topliss-reactive ketones (excluding diaryl/α,β-unsaturated/α-hetero) is 1. The number of aliphatic hydroxyl groups is 1. The number of nitrogens with zero attached hydrogens (tertiary/aromatic N) is 1. The summed E-state index contributed by atoms with van der Waals surface area (Å²) in [5.74, 6) is -0.630. The van der Waals surface area contributed by atoms with Crippen molar-refractivity contribution < 1.29 is 19.5 Å². The molecular weight excluding hydrogens is 162 g/mol. The summed E-state index contributed by atoms with van der Waals surface area (Å²) in [6, 6.07) is 0. The van der Waals surface area contributed by atoms with Crippen LogP contribution >= 0.6 is 0 Å². The topological polar surface area (TPSA) is 66.8 Å². The van der Waals surface area contributed by atoms with Crippen LogP contribution < -0.4 is 0 Å². The van der Waals surface area contributed by atoms with E-state index >= 15 is 0 Å². The monoisotopic (exact) mass is 173 g/mol. The first-order valence-corrected chi connectivity index (χ1v) is 3.74. The van der Waals surface area contributed by atoms with Gasteiger partial charge in [-0.25, -0.2) is 0 Å². The van der Waals surface area contributed by atoms with Crippen molar-refractivity contribution in [3.63, 3.8) is 0 Å². The van der Waals surface area contributed by atoms with Gasteiger partial charge in [0.15, 0.2) is 5.78 Å². The molecule has 1 heterocycles. The van der Waals surface area contributed by atoms with E-state index in [0.717, 1.165) is 0 Å². The fourth-order valence-corrected chi connectivity index (χ4v) is 1.05. The number of hydroxylamine groups is 2. The van der Waals surface area contributed by atoms with E-state index in [9.17, 15) is 9.59 Å². The summed E-state index contributed by atoms with van der Waals surface area (Å²) < 4.78 is 0. The van der Waals surface area contributed by atoms with E-state index in [4.69, 9.17) is 9.94 Å². The van der Waals surface area contributed by atoms with Crippen LogP contribution in [0.4, 0.5) is 0 Å². The Labute approximate surface area is 69.9 Å². The van der Waals surface area contributed by atoms with Gasteiger partial charge in [-0.15, -0.1) is 5.06 Å². The SMILES string of the molecule is CC(=O)ON1CCC(=O)C(O)C1. The Bertz CT molecular complexity index is 204. The van der Waals surface area contributed by atoms with Crippen molar-refractivity contribution in [3.8, 4) is 0 Å². The van der Waals surface area contributed by atoms with Gasteiger partial charge in [-0.1, -0.05) is 0 Å². The number of β-amino-alcohol motifs (C(OH)–C–C–N with tert-alkyl or cyclic N) is 1. The second-order valence-electron chi connectivity index (χ2n) is 2.70. The van der Waals surface area contributed by atoms with Crippen molar-refractivity contribution in [1.82, 2.24) is 5.06 Å². The van der Waals surface area contributed by atoms with Gasteiger partial charge >= 0.3 is 5.97 Å². The first kappa shape index (κ1) is 9.15. The third kappa shape index (κ3) is 2.28. The minimum absolute atomic E-state index is 0.0818. The summed E-state index contributed by atoms with van der Waals surface area (Å²) in [4.78, 5) is 26.0. The van der Waals surface area contributed by atoms with E-state index in [2.05, 4.69) is 0 Å². The van der Waals surface area contributed by atoms with Crippen molar-refractivity contribution in [1.29, 1.82) is 0 Å². The lowest BCUT2D eigenvalue weighted by Crippen LogP contribution is -2.44. The third-order valence-corrected chi connectivity index (χ3v) is 1.61. The zero-order chi connectivity index (χ0) is 9.14. The van der Waals surface area contributed by atoms with Crippen LogP contribution in [0.1, 0.15) is 13.3 Å². The van der Waals surface area contributed by atoms with E-state index in [1.54, 1.807) is 0 Å². The Hall–Kier alpha value is -0.940. The van der Waals surface area contributed by atoms with Crippen LogP contribution in [0.2, 0.25) is 0 Å². The zero-order valence-corrected chi connectivity index (χ0v) is 6.82. The number of piperidine rings is 1. The summed E-state index contributed by atoms with van der Waals surface area (Å²) >= 11 is 0. The second kappa shape index (κ2) is 3.64. The smallest absolute Gasteiger partial charge is 0.322 e. The maximum Gasteiger partial charge on any atom is 0.322 e. The molecule has 0 amide bonds. The first-order valence-electron chi connectivity index (χ1n) is 3.74. The molecule has 1 fully saturated rings. The van der Waals surface area contributed by atoms with Crippen LogP contribution in [0.3, 0.4) is 0 Å². The average molecular weight is 173 g/mol. The van der Waals surface area contributed by atoms with Gasteiger partial charge in [0, 0.05) is 19.9 Å². The summed E-state index contributed by atoms with van der Waals surface area (Å²) in [5.41, 5.74) is 0. The predicted octanol–water partition coefficient (Wildman–Crippen LogP) is -0.900. The highest BCUT2D eigenvalue weighted by molar-refractivity contribution is 5.83. The molecule has 0 spiro atoms. The molecular formula is C7H11NO4. The molecule has 1 aliphatic heterocycles. The van der Waals surface area contributed by atoms with E-state index < -0.39 is 12.1 Å². The number of ketones is 1. The normalized spacial score (nSPS) is 25.5. The van der Waals surface area contributed by atoms with Gasteiger partial charge in [0.1, 0.15) is 6.10 Å². The van der Waals surface area contributed by atoms with Crippen LogP contribution in [-0.2, 0) is 14.4 Å². The lowest BCUT2D eigenvalue weighted by Gasteiger charge is -2.26. The molecule has 1 atom stereocenters. The quantitative estimate of drug-likeness (QED) is 0.556. The van der Waals surface area contributed by atoms with Crippen molar-refractivity contribution in [2.24, 2.45) is 0 Å². The fourth-order valence-electron chi connectivity index (χ4n) is 1.05. The third-order valence-electron chi connectivity index (χ3n) is 1.61. The predicted molar refractivity (Wildman–Crippen MR) is 39.0 cm³/mol. The van der Waals surface area contributed by atoms with Crippen molar-refractivity contribution >= 4 is 11.8 Å². The summed E-state index contributed by atoms with van der Waals surface area (Å²) in [6.07, 6.45) is -0.785. The summed E-state index contributed by atoms with van der Waals surface area (Å²) in [6.45, 7) is 1.73. The Morgan fingerprint density at radius 2 is 2.42 bits per heavy atom. The molecule has 0 saturated carbocycles. The largest absolute Gasteiger partial charge is 0.384 e. The molecule has 0 aliphatic carbocycles. The maximum atomic E-state index is 10.8. The minimum atomic E-state index is -1.02. The molecule has 0 aromatic carbocycles.